The summed E-state index contributed by atoms with van der Waals surface area (Å²) >= 11 is 1.25. The van der Waals surface area contributed by atoms with Gasteiger partial charge in [0.15, 0.2) is 5.76 Å². The van der Waals surface area contributed by atoms with E-state index in [0.29, 0.717) is 21.9 Å². The quantitative estimate of drug-likeness (QED) is 0.814. The Morgan fingerprint density at radius 1 is 1.25 bits per heavy atom. The molecule has 2 N–H and O–H groups in total. The zero-order valence-corrected chi connectivity index (χ0v) is 13.8. The maximum atomic E-state index is 12.7. The zero-order valence-electron chi connectivity index (χ0n) is 13.0. The monoisotopic (exact) mass is 345 g/mol. The summed E-state index contributed by atoms with van der Waals surface area (Å²) < 4.78 is 10.5. The molecular weight excluding hydrogens is 330 g/mol. The molecule has 1 aliphatic rings. The number of methoxy groups -OCH3 is 2. The lowest BCUT2D eigenvalue weighted by Crippen LogP contribution is -2.24. The van der Waals surface area contributed by atoms with E-state index >= 15 is 0 Å². The second-order valence-corrected chi connectivity index (χ2v) is 6.03. The van der Waals surface area contributed by atoms with Crippen LogP contribution in [0.4, 0.5) is 0 Å². The lowest BCUT2D eigenvalue weighted by molar-refractivity contribution is -0.119. The first-order valence-electron chi connectivity index (χ1n) is 7.11. The molecule has 1 atom stereocenters. The van der Waals surface area contributed by atoms with Crippen molar-refractivity contribution in [3.8, 4) is 11.5 Å². The average molecular weight is 345 g/mol. The van der Waals surface area contributed by atoms with Gasteiger partial charge in [-0.15, -0.1) is 11.3 Å². The molecule has 0 spiro atoms. The second-order valence-electron chi connectivity index (χ2n) is 5.08. The number of hydrogen-bond donors (Lipinski definition) is 2. The van der Waals surface area contributed by atoms with E-state index < -0.39 is 23.5 Å². The lowest BCUT2D eigenvalue weighted by atomic mass is 9.95. The van der Waals surface area contributed by atoms with Crippen LogP contribution in [0.2, 0.25) is 0 Å². The van der Waals surface area contributed by atoms with Crippen molar-refractivity contribution in [2.24, 2.45) is 0 Å². The van der Waals surface area contributed by atoms with Gasteiger partial charge in [0.1, 0.15) is 11.5 Å². The molecule has 2 heterocycles. The van der Waals surface area contributed by atoms with E-state index in [-0.39, 0.29) is 5.57 Å². The fraction of sp³-hybridized carbons (Fsp3) is 0.176. The summed E-state index contributed by atoms with van der Waals surface area (Å²) in [5.41, 5.74) is 0.545. The Morgan fingerprint density at radius 3 is 2.67 bits per heavy atom. The minimum atomic E-state index is -0.808. The number of rotatable bonds is 5. The van der Waals surface area contributed by atoms with Gasteiger partial charge < -0.3 is 19.9 Å². The van der Waals surface area contributed by atoms with E-state index in [1.807, 2.05) is 0 Å². The van der Waals surface area contributed by atoms with Gasteiger partial charge in [-0.05, 0) is 29.6 Å². The summed E-state index contributed by atoms with van der Waals surface area (Å²) in [6, 6.07) is 7.64. The van der Waals surface area contributed by atoms with Crippen molar-refractivity contribution < 1.29 is 24.2 Å². The number of amides is 1. The maximum Gasteiger partial charge on any atom is 0.287 e. The molecule has 0 fully saturated rings. The van der Waals surface area contributed by atoms with Gasteiger partial charge >= 0.3 is 0 Å². The van der Waals surface area contributed by atoms with Crippen molar-refractivity contribution in [3.05, 3.63) is 57.5 Å². The first-order valence-corrected chi connectivity index (χ1v) is 7.99. The molecule has 1 amide bonds. The van der Waals surface area contributed by atoms with E-state index in [4.69, 9.17) is 9.47 Å². The molecular formula is C17H15NO5S. The van der Waals surface area contributed by atoms with Crippen LogP contribution in [0.1, 0.15) is 21.3 Å². The smallest absolute Gasteiger partial charge is 0.287 e. The molecule has 6 nitrogen and oxygen atoms in total. The number of thiophene rings is 1. The zero-order chi connectivity index (χ0) is 17.3. The highest BCUT2D eigenvalue weighted by atomic mass is 32.1. The Labute approximate surface area is 142 Å². The van der Waals surface area contributed by atoms with Gasteiger partial charge in [0.25, 0.3) is 5.91 Å². The van der Waals surface area contributed by atoms with E-state index in [9.17, 15) is 14.7 Å². The second kappa shape index (κ2) is 6.37. The van der Waals surface area contributed by atoms with Crippen LogP contribution >= 0.6 is 11.3 Å². The summed E-state index contributed by atoms with van der Waals surface area (Å²) in [6.07, 6.45) is 0. The van der Waals surface area contributed by atoms with Gasteiger partial charge in [0.05, 0.1) is 30.7 Å². The van der Waals surface area contributed by atoms with Crippen LogP contribution < -0.4 is 14.8 Å². The number of aliphatic hydroxyl groups is 1. The van der Waals surface area contributed by atoms with Gasteiger partial charge in [0, 0.05) is 5.56 Å². The Kier molecular flexibility index (Phi) is 4.26. The van der Waals surface area contributed by atoms with Gasteiger partial charge in [-0.2, -0.15) is 0 Å². The number of Topliss-reactive ketones (excluding diaryl/α,β-unsaturated/α-hetero) is 1. The highest BCUT2D eigenvalue weighted by Crippen LogP contribution is 2.38. The van der Waals surface area contributed by atoms with Crippen molar-refractivity contribution >= 4 is 23.0 Å². The maximum absolute atomic E-state index is 12.7. The molecule has 24 heavy (non-hydrogen) atoms. The third kappa shape index (κ3) is 2.63. The number of ketones is 1. The van der Waals surface area contributed by atoms with Crippen LogP contribution in [0.15, 0.2) is 47.0 Å². The molecule has 0 unspecified atom stereocenters. The number of benzene rings is 1. The van der Waals surface area contributed by atoms with Crippen LogP contribution in [-0.2, 0) is 4.79 Å². The van der Waals surface area contributed by atoms with Gasteiger partial charge in [0.2, 0.25) is 5.78 Å². The summed E-state index contributed by atoms with van der Waals surface area (Å²) in [4.78, 5) is 25.1. The number of ether oxygens (including phenoxy) is 2. The molecule has 2 aromatic rings. The SMILES string of the molecule is COc1ccc(OC)c([C@H]2NC(=O)C(O)=C2C(=O)c2cccs2)c1. The van der Waals surface area contributed by atoms with Gasteiger partial charge in [-0.25, -0.2) is 0 Å². The molecule has 1 aliphatic heterocycles. The molecule has 0 aliphatic carbocycles. The van der Waals surface area contributed by atoms with E-state index in [1.54, 1.807) is 35.7 Å². The minimum Gasteiger partial charge on any atom is -0.503 e. The summed E-state index contributed by atoms with van der Waals surface area (Å²) in [5, 5.41) is 14.5. The van der Waals surface area contributed by atoms with Gasteiger partial charge in [-0.3, -0.25) is 9.59 Å². The van der Waals surface area contributed by atoms with E-state index in [2.05, 4.69) is 5.32 Å². The van der Waals surface area contributed by atoms with Crippen molar-refractivity contribution in [3.63, 3.8) is 0 Å². The van der Waals surface area contributed by atoms with Crippen molar-refractivity contribution in [2.75, 3.05) is 14.2 Å². The number of carbonyl (C=O) groups is 2. The molecule has 7 heteroatoms. The molecule has 0 saturated heterocycles. The predicted octanol–water partition coefficient (Wildman–Crippen LogP) is 2.63. The minimum absolute atomic E-state index is 0.00834. The van der Waals surface area contributed by atoms with Crippen LogP contribution in [0.25, 0.3) is 0 Å². The fourth-order valence-corrected chi connectivity index (χ4v) is 3.29. The van der Waals surface area contributed by atoms with Crippen LogP contribution in [0.3, 0.4) is 0 Å². The normalized spacial score (nSPS) is 16.9. The van der Waals surface area contributed by atoms with Crippen molar-refractivity contribution in [2.45, 2.75) is 6.04 Å². The summed E-state index contributed by atoms with van der Waals surface area (Å²) in [7, 11) is 3.01. The number of nitrogens with one attached hydrogen (secondary N) is 1. The van der Waals surface area contributed by atoms with Crippen molar-refractivity contribution in [1.29, 1.82) is 0 Å². The van der Waals surface area contributed by atoms with Crippen molar-refractivity contribution in [1.82, 2.24) is 5.32 Å². The fourth-order valence-electron chi connectivity index (χ4n) is 2.61. The average Bonchev–Trinajstić information content (AvgIpc) is 3.23. The van der Waals surface area contributed by atoms with E-state index in [1.165, 1.54) is 25.6 Å². The standard InChI is InChI=1S/C17H15NO5S/c1-22-9-5-6-11(23-2)10(8-9)14-13(16(20)17(21)18-14)15(19)12-4-3-7-24-12/h3-8,14,20H,1-2H3,(H,18,21)/t14-/m1/s1. The Bertz CT molecular complexity index is 826. The highest BCUT2D eigenvalue weighted by Gasteiger charge is 2.39. The van der Waals surface area contributed by atoms with E-state index in [0.717, 1.165) is 0 Å². The molecule has 1 aromatic carbocycles. The largest absolute Gasteiger partial charge is 0.503 e. The molecule has 124 valence electrons. The molecule has 0 saturated carbocycles. The molecule has 3 rings (SSSR count). The number of carbonyl (C=O) groups excluding carboxylic acids is 2. The molecule has 1 aromatic heterocycles. The first-order chi connectivity index (χ1) is 11.6. The predicted molar refractivity (Wildman–Crippen MR) is 88.7 cm³/mol. The summed E-state index contributed by atoms with van der Waals surface area (Å²) in [6.45, 7) is 0. The Balaban J connectivity index is 2.11. The Morgan fingerprint density at radius 2 is 2.04 bits per heavy atom. The van der Waals surface area contributed by atoms with Crippen LogP contribution in [0, 0.1) is 0 Å². The van der Waals surface area contributed by atoms with Crippen LogP contribution in [-0.4, -0.2) is 31.0 Å². The number of hydrogen-bond acceptors (Lipinski definition) is 6. The lowest BCUT2D eigenvalue weighted by Gasteiger charge is -2.18. The topological polar surface area (TPSA) is 84.9 Å². The highest BCUT2D eigenvalue weighted by molar-refractivity contribution is 7.12. The third-order valence-corrected chi connectivity index (χ3v) is 4.64. The summed E-state index contributed by atoms with van der Waals surface area (Å²) in [5.74, 6) is -0.620. The molecule has 0 radical (unpaired) electrons. The third-order valence-electron chi connectivity index (χ3n) is 3.77. The van der Waals surface area contributed by atoms with Crippen LogP contribution in [0.5, 0.6) is 11.5 Å². The first kappa shape index (κ1) is 16.1. The molecule has 0 bridgehead atoms. The number of aliphatic hydroxyl groups excluding tert-OH is 1. The Hall–Kier alpha value is -2.80. The van der Waals surface area contributed by atoms with Gasteiger partial charge in [-0.1, -0.05) is 6.07 Å².